The second-order valence-corrected chi connectivity index (χ2v) is 6.20. The minimum atomic E-state index is -1.81. The van der Waals surface area contributed by atoms with Crippen molar-refractivity contribution in [3.05, 3.63) is 41.5 Å². The summed E-state index contributed by atoms with van der Waals surface area (Å²) in [6.07, 6.45) is 1.57. The first-order valence-corrected chi connectivity index (χ1v) is 6.68. The van der Waals surface area contributed by atoms with Crippen LogP contribution < -0.4 is 0 Å². The first-order valence-electron chi connectivity index (χ1n) is 5.55. The van der Waals surface area contributed by atoms with E-state index in [1.165, 1.54) is 0 Å². The van der Waals surface area contributed by atoms with Crippen LogP contribution in [0.2, 0.25) is 0 Å². The maximum Gasteiger partial charge on any atom is 0.283 e. The van der Waals surface area contributed by atoms with E-state index in [0.717, 1.165) is 10.6 Å². The third-order valence-electron chi connectivity index (χ3n) is 2.56. The molecule has 0 radical (unpaired) electrons. The van der Waals surface area contributed by atoms with Gasteiger partial charge >= 0.3 is 0 Å². The van der Waals surface area contributed by atoms with Crippen LogP contribution >= 0.6 is 34.8 Å². The Morgan fingerprint density at radius 1 is 1.35 bits per heavy atom. The van der Waals surface area contributed by atoms with E-state index in [2.05, 4.69) is 5.10 Å². The Kier molecular flexibility index (Phi) is 4.34. The lowest BCUT2D eigenvalue weighted by Crippen LogP contribution is -2.30. The number of ketones is 1. The second kappa shape index (κ2) is 5.84. The van der Waals surface area contributed by atoms with Gasteiger partial charge in [-0.15, -0.1) is 0 Å². The SMILES string of the molecule is N#CC(=Cc1ccccc1)C1=NN(C(Cl)(Cl)Cl)CC1=O. The number of nitrogens with zero attached hydrogens (tertiary/aromatic N) is 3. The number of nitriles is 1. The van der Waals surface area contributed by atoms with E-state index < -0.39 is 3.92 Å². The first kappa shape index (κ1) is 14.9. The van der Waals surface area contributed by atoms with Gasteiger partial charge in [0.1, 0.15) is 18.3 Å². The van der Waals surface area contributed by atoms with Crippen molar-refractivity contribution >= 4 is 52.4 Å². The van der Waals surface area contributed by atoms with Crippen LogP contribution in [-0.4, -0.2) is 27.0 Å². The molecular weight excluding hydrogens is 321 g/mol. The van der Waals surface area contributed by atoms with E-state index in [1.54, 1.807) is 6.08 Å². The molecule has 7 heteroatoms. The van der Waals surface area contributed by atoms with Crippen molar-refractivity contribution in [3.63, 3.8) is 0 Å². The van der Waals surface area contributed by atoms with Crippen LogP contribution in [0.25, 0.3) is 6.08 Å². The highest BCUT2D eigenvalue weighted by atomic mass is 35.6. The summed E-state index contributed by atoms with van der Waals surface area (Å²) in [7, 11) is 0. The lowest BCUT2D eigenvalue weighted by Gasteiger charge is -2.20. The summed E-state index contributed by atoms with van der Waals surface area (Å²) in [5, 5.41) is 14.1. The number of rotatable bonds is 2. The molecule has 0 aromatic heterocycles. The molecule has 0 atom stereocenters. The van der Waals surface area contributed by atoms with Gasteiger partial charge in [0, 0.05) is 0 Å². The molecule has 20 heavy (non-hydrogen) atoms. The number of allylic oxidation sites excluding steroid dienone is 1. The molecule has 1 heterocycles. The predicted molar refractivity (Wildman–Crippen MR) is 79.5 cm³/mol. The quantitative estimate of drug-likeness (QED) is 0.476. The third kappa shape index (κ3) is 3.31. The molecule has 0 amide bonds. The van der Waals surface area contributed by atoms with Crippen LogP contribution in [0.15, 0.2) is 41.0 Å². The number of halogens is 3. The molecular formula is C13H8Cl3N3O. The van der Waals surface area contributed by atoms with Crippen molar-refractivity contribution in [1.82, 2.24) is 5.01 Å². The molecule has 102 valence electrons. The summed E-state index contributed by atoms with van der Waals surface area (Å²) < 4.78 is -1.81. The molecule has 1 aromatic carbocycles. The number of carbonyl (C=O) groups excluding carboxylic acids is 1. The molecule has 4 nitrogen and oxygen atoms in total. The summed E-state index contributed by atoms with van der Waals surface area (Å²) in [5.41, 5.74) is 0.924. The van der Waals surface area contributed by atoms with Crippen LogP contribution in [0.5, 0.6) is 0 Å². The Morgan fingerprint density at radius 2 is 2.00 bits per heavy atom. The molecule has 0 spiro atoms. The lowest BCUT2D eigenvalue weighted by atomic mass is 10.1. The van der Waals surface area contributed by atoms with Crippen molar-refractivity contribution in [2.75, 3.05) is 6.54 Å². The average Bonchev–Trinajstić information content (AvgIpc) is 2.79. The molecule has 0 saturated carbocycles. The fourth-order valence-electron chi connectivity index (χ4n) is 1.64. The van der Waals surface area contributed by atoms with Gasteiger partial charge in [-0.2, -0.15) is 10.4 Å². The largest absolute Gasteiger partial charge is 0.290 e. The summed E-state index contributed by atoms with van der Waals surface area (Å²) in [5.74, 6) is -0.361. The summed E-state index contributed by atoms with van der Waals surface area (Å²) in [6, 6.07) is 11.1. The Balaban J connectivity index is 2.36. The lowest BCUT2D eigenvalue weighted by molar-refractivity contribution is -0.112. The van der Waals surface area contributed by atoms with Crippen LogP contribution in [0.3, 0.4) is 0 Å². The third-order valence-corrected chi connectivity index (χ3v) is 3.14. The Labute approximate surface area is 130 Å². The van der Waals surface area contributed by atoms with Gasteiger partial charge < -0.3 is 0 Å². The van der Waals surface area contributed by atoms with Crippen molar-refractivity contribution < 1.29 is 4.79 Å². The van der Waals surface area contributed by atoms with Crippen molar-refractivity contribution in [2.24, 2.45) is 5.10 Å². The number of alkyl halides is 3. The van der Waals surface area contributed by atoms with E-state index in [4.69, 9.17) is 34.8 Å². The van der Waals surface area contributed by atoms with Crippen molar-refractivity contribution in [3.8, 4) is 6.07 Å². The van der Waals surface area contributed by atoms with E-state index in [-0.39, 0.29) is 23.6 Å². The van der Waals surface area contributed by atoms with Gasteiger partial charge in [-0.3, -0.25) is 4.79 Å². The second-order valence-electron chi connectivity index (χ2n) is 3.98. The Hall–Kier alpha value is -1.54. The molecule has 2 rings (SSSR count). The molecule has 1 aliphatic rings. The van der Waals surface area contributed by atoms with Gasteiger partial charge in [0.2, 0.25) is 5.78 Å². The smallest absolute Gasteiger partial charge is 0.283 e. The van der Waals surface area contributed by atoms with Crippen LogP contribution in [0.4, 0.5) is 0 Å². The number of hydrazone groups is 1. The van der Waals surface area contributed by atoms with Gasteiger partial charge in [-0.05, 0) is 11.6 Å². The molecule has 0 saturated heterocycles. The number of hydrogen-bond donors (Lipinski definition) is 0. The normalized spacial score (nSPS) is 16.1. The molecule has 0 bridgehead atoms. The van der Waals surface area contributed by atoms with Gasteiger partial charge in [-0.1, -0.05) is 65.1 Å². The monoisotopic (exact) mass is 327 g/mol. The maximum absolute atomic E-state index is 11.9. The first-order chi connectivity index (χ1) is 9.41. The summed E-state index contributed by atoms with van der Waals surface area (Å²) in [4.78, 5) is 11.9. The van der Waals surface area contributed by atoms with Gasteiger partial charge in [-0.25, -0.2) is 5.01 Å². The minimum Gasteiger partial charge on any atom is -0.290 e. The number of carbonyl (C=O) groups is 1. The minimum absolute atomic E-state index is 0.00248. The molecule has 1 aliphatic heterocycles. The zero-order valence-corrected chi connectivity index (χ0v) is 12.3. The van der Waals surface area contributed by atoms with Gasteiger partial charge in [0.05, 0.1) is 5.57 Å². The highest BCUT2D eigenvalue weighted by Gasteiger charge is 2.37. The Morgan fingerprint density at radius 3 is 2.50 bits per heavy atom. The van der Waals surface area contributed by atoms with E-state index in [9.17, 15) is 10.1 Å². The highest BCUT2D eigenvalue weighted by molar-refractivity contribution is 6.67. The van der Waals surface area contributed by atoms with Crippen molar-refractivity contribution in [1.29, 1.82) is 5.26 Å². The van der Waals surface area contributed by atoms with Crippen molar-refractivity contribution in [2.45, 2.75) is 3.92 Å². The fraction of sp³-hybridized carbons (Fsp3) is 0.154. The average molecular weight is 329 g/mol. The topological polar surface area (TPSA) is 56.5 Å². The highest BCUT2D eigenvalue weighted by Crippen LogP contribution is 2.33. The zero-order chi connectivity index (χ0) is 14.8. The number of benzene rings is 1. The summed E-state index contributed by atoms with van der Waals surface area (Å²) in [6.45, 7) is -0.167. The van der Waals surface area contributed by atoms with E-state index in [0.29, 0.717) is 0 Å². The zero-order valence-electron chi connectivity index (χ0n) is 10.1. The molecule has 0 fully saturated rings. The van der Waals surface area contributed by atoms with Gasteiger partial charge in [0.25, 0.3) is 3.92 Å². The molecule has 1 aromatic rings. The van der Waals surface area contributed by atoms with Crippen LogP contribution in [0.1, 0.15) is 5.56 Å². The Bertz CT molecular complexity index is 627. The molecule has 0 unspecified atom stereocenters. The summed E-state index contributed by atoms with van der Waals surface area (Å²) >= 11 is 17.0. The van der Waals surface area contributed by atoms with E-state index in [1.807, 2.05) is 36.4 Å². The standard InChI is InChI=1S/C13H8Cl3N3O/c14-13(15,16)19-8-11(20)12(18-19)10(7-17)6-9-4-2-1-3-5-9/h1-6H,8H2. The van der Waals surface area contributed by atoms with Gasteiger partial charge in [0.15, 0.2) is 0 Å². The number of Topliss-reactive ketones (excluding diaryl/α,β-unsaturated/α-hetero) is 1. The van der Waals surface area contributed by atoms with Crippen LogP contribution in [0, 0.1) is 11.3 Å². The molecule has 0 aliphatic carbocycles. The van der Waals surface area contributed by atoms with Crippen LogP contribution in [-0.2, 0) is 4.79 Å². The predicted octanol–water partition coefficient (Wildman–Crippen LogP) is 3.16. The molecule has 0 N–H and O–H groups in total. The maximum atomic E-state index is 11.9. The van der Waals surface area contributed by atoms with E-state index >= 15 is 0 Å². The number of hydrogen-bond acceptors (Lipinski definition) is 4. The fourth-order valence-corrected chi connectivity index (χ4v) is 1.94.